The summed E-state index contributed by atoms with van der Waals surface area (Å²) in [7, 11) is -3.67. The van der Waals surface area contributed by atoms with Crippen molar-refractivity contribution >= 4 is 21.7 Å². The van der Waals surface area contributed by atoms with Crippen LogP contribution in [-0.4, -0.2) is 26.2 Å². The maximum Gasteiger partial charge on any atom is 0.302 e. The van der Waals surface area contributed by atoms with Crippen LogP contribution in [-0.2, 0) is 19.6 Å². The predicted octanol–water partition coefficient (Wildman–Crippen LogP) is 5.60. The fraction of sp³-hybridized carbons (Fsp3) is 0.714. The fourth-order valence-corrected chi connectivity index (χ4v) is 9.25. The van der Waals surface area contributed by atoms with Crippen LogP contribution in [0.2, 0.25) is 0 Å². The number of ether oxygens (including phenoxy) is 1. The first-order valence-electron chi connectivity index (χ1n) is 13.4. The Balaban J connectivity index is 1.31. The molecule has 1 aromatic carbocycles. The molecule has 0 spiro atoms. The zero-order valence-corrected chi connectivity index (χ0v) is 22.4. The highest BCUT2D eigenvalue weighted by Gasteiger charge is 2.59. The smallest absolute Gasteiger partial charge is 0.302 e. The number of aryl methyl sites for hydroxylation is 1. The molecule has 192 valence electrons. The number of carbonyl (C=O) groups excluding carboxylic acids is 1. The van der Waals surface area contributed by atoms with E-state index in [2.05, 4.69) is 23.8 Å². The van der Waals surface area contributed by atoms with Crippen LogP contribution >= 0.6 is 0 Å². The second kappa shape index (κ2) is 8.89. The second-order valence-corrected chi connectivity index (χ2v) is 13.8. The van der Waals surface area contributed by atoms with Crippen molar-refractivity contribution in [3.8, 4) is 0 Å². The average Bonchev–Trinajstić information content (AvgIpc) is 3.14. The van der Waals surface area contributed by atoms with Crippen LogP contribution < -0.4 is 4.83 Å². The minimum atomic E-state index is -3.67. The van der Waals surface area contributed by atoms with Crippen molar-refractivity contribution in [2.24, 2.45) is 39.6 Å². The Labute approximate surface area is 210 Å². The van der Waals surface area contributed by atoms with Gasteiger partial charge in [-0.2, -0.15) is 13.5 Å². The standard InChI is InChI=1S/C28H40N2O4S/c1-18-5-8-22(9-6-18)35(32,33)30-29-26-12-11-24-23-10-7-20-17-21(34-19(2)31)13-15-27(20,3)25(23)14-16-28(24,26)4/h5-6,8-9,20-21,23-25,30H,7,10-17H2,1-4H3/t20-,21+,23-,24+,25+,27+,28+/m1/s1. The van der Waals surface area contributed by atoms with Crippen LogP contribution in [0.1, 0.15) is 84.1 Å². The number of carbonyl (C=O) groups is 1. The summed E-state index contributed by atoms with van der Waals surface area (Å²) in [6.07, 6.45) is 9.84. The van der Waals surface area contributed by atoms with E-state index in [1.165, 1.54) is 26.2 Å². The van der Waals surface area contributed by atoms with Gasteiger partial charge in [0.2, 0.25) is 0 Å². The van der Waals surface area contributed by atoms with E-state index in [1.807, 2.05) is 19.1 Å². The van der Waals surface area contributed by atoms with Gasteiger partial charge in [0.05, 0.1) is 4.90 Å². The number of rotatable bonds is 4. The van der Waals surface area contributed by atoms with E-state index in [9.17, 15) is 13.2 Å². The topological polar surface area (TPSA) is 84.8 Å². The molecule has 35 heavy (non-hydrogen) atoms. The first-order valence-corrected chi connectivity index (χ1v) is 14.8. The summed E-state index contributed by atoms with van der Waals surface area (Å²) in [5.74, 6) is 2.40. The van der Waals surface area contributed by atoms with Crippen molar-refractivity contribution in [3.05, 3.63) is 29.8 Å². The van der Waals surface area contributed by atoms with E-state index >= 15 is 0 Å². The Bertz CT molecular complexity index is 1110. The molecule has 4 aliphatic carbocycles. The average molecular weight is 501 g/mol. The Morgan fingerprint density at radius 2 is 1.77 bits per heavy atom. The van der Waals surface area contributed by atoms with Gasteiger partial charge in [0, 0.05) is 18.1 Å². The maximum atomic E-state index is 12.8. The maximum absolute atomic E-state index is 12.8. The monoisotopic (exact) mass is 500 g/mol. The minimum Gasteiger partial charge on any atom is -0.463 e. The van der Waals surface area contributed by atoms with Crippen LogP contribution in [0.15, 0.2) is 34.3 Å². The molecule has 0 radical (unpaired) electrons. The van der Waals surface area contributed by atoms with Crippen molar-refractivity contribution < 1.29 is 17.9 Å². The van der Waals surface area contributed by atoms with Gasteiger partial charge in [-0.1, -0.05) is 31.5 Å². The highest BCUT2D eigenvalue weighted by atomic mass is 32.2. The van der Waals surface area contributed by atoms with Crippen LogP contribution in [0.25, 0.3) is 0 Å². The lowest BCUT2D eigenvalue weighted by Gasteiger charge is -2.60. The number of nitrogens with zero attached hydrogens (tertiary/aromatic N) is 1. The van der Waals surface area contributed by atoms with E-state index in [1.54, 1.807) is 12.1 Å². The van der Waals surface area contributed by atoms with Crippen molar-refractivity contribution in [3.63, 3.8) is 0 Å². The number of nitrogens with one attached hydrogen (secondary N) is 1. The summed E-state index contributed by atoms with van der Waals surface area (Å²) in [6.45, 7) is 8.29. The molecule has 4 fully saturated rings. The molecule has 0 aliphatic heterocycles. The summed E-state index contributed by atoms with van der Waals surface area (Å²) in [6, 6.07) is 6.90. The van der Waals surface area contributed by atoms with Gasteiger partial charge in [0.25, 0.3) is 10.0 Å². The second-order valence-electron chi connectivity index (χ2n) is 12.1. The van der Waals surface area contributed by atoms with E-state index in [4.69, 9.17) is 4.74 Å². The van der Waals surface area contributed by atoms with Crippen LogP contribution in [0.5, 0.6) is 0 Å². The van der Waals surface area contributed by atoms with Crippen LogP contribution in [0.3, 0.4) is 0 Å². The molecule has 0 bridgehead atoms. The summed E-state index contributed by atoms with van der Waals surface area (Å²) < 4.78 is 31.3. The van der Waals surface area contributed by atoms with E-state index < -0.39 is 10.0 Å². The van der Waals surface area contributed by atoms with Gasteiger partial charge in [0.15, 0.2) is 0 Å². The van der Waals surface area contributed by atoms with Crippen LogP contribution in [0.4, 0.5) is 0 Å². The number of fused-ring (bicyclic) bond motifs is 5. The molecule has 4 saturated carbocycles. The molecular weight excluding hydrogens is 460 g/mol. The Morgan fingerprint density at radius 3 is 2.49 bits per heavy atom. The van der Waals surface area contributed by atoms with Gasteiger partial charge in [0.1, 0.15) is 6.10 Å². The lowest BCUT2D eigenvalue weighted by Crippen LogP contribution is -2.54. The van der Waals surface area contributed by atoms with E-state index in [0.717, 1.165) is 49.8 Å². The first-order chi connectivity index (χ1) is 16.5. The quantitative estimate of drug-likeness (QED) is 0.431. The molecular formula is C28H40N2O4S. The number of hydrogen-bond donors (Lipinski definition) is 1. The van der Waals surface area contributed by atoms with Gasteiger partial charge >= 0.3 is 5.97 Å². The molecule has 0 unspecified atom stereocenters. The van der Waals surface area contributed by atoms with Crippen molar-refractivity contribution in [2.75, 3.05) is 0 Å². The summed E-state index contributed by atoms with van der Waals surface area (Å²) in [5, 5.41) is 4.55. The van der Waals surface area contributed by atoms with Gasteiger partial charge in [-0.25, -0.2) is 4.83 Å². The Morgan fingerprint density at radius 1 is 1.03 bits per heavy atom. The van der Waals surface area contributed by atoms with Gasteiger partial charge in [-0.05, 0) is 106 Å². The Hall–Kier alpha value is -1.89. The van der Waals surface area contributed by atoms with Gasteiger partial charge in [-0.3, -0.25) is 4.79 Å². The zero-order valence-electron chi connectivity index (χ0n) is 21.5. The van der Waals surface area contributed by atoms with Crippen molar-refractivity contribution in [1.82, 2.24) is 4.83 Å². The molecule has 0 heterocycles. The lowest BCUT2D eigenvalue weighted by atomic mass is 9.45. The third-order valence-electron chi connectivity index (χ3n) is 10.3. The lowest BCUT2D eigenvalue weighted by molar-refractivity contribution is -0.158. The number of benzene rings is 1. The highest BCUT2D eigenvalue weighted by molar-refractivity contribution is 7.89. The molecule has 0 saturated heterocycles. The summed E-state index contributed by atoms with van der Waals surface area (Å²) in [4.78, 5) is 14.3. The number of hydrogen-bond acceptors (Lipinski definition) is 5. The molecule has 6 nitrogen and oxygen atoms in total. The summed E-state index contributed by atoms with van der Waals surface area (Å²) in [5.41, 5.74) is 2.34. The largest absolute Gasteiger partial charge is 0.463 e. The molecule has 0 aromatic heterocycles. The third-order valence-corrected chi connectivity index (χ3v) is 11.5. The molecule has 0 amide bonds. The first kappa shape index (κ1) is 24.8. The minimum absolute atomic E-state index is 0.0326. The van der Waals surface area contributed by atoms with Gasteiger partial charge < -0.3 is 4.74 Å². The number of sulfonamides is 1. The SMILES string of the molecule is CC(=O)O[C@H]1CC[C@@]2(C)[C@H](CC[C@H]3[C@@H]2CC[C@]2(C)C(=NNS(=O)(=O)c4ccc(C)cc4)CC[C@@H]32)C1. The molecule has 1 aromatic rings. The molecule has 7 atom stereocenters. The van der Waals surface area contributed by atoms with Crippen LogP contribution in [0, 0.1) is 41.4 Å². The molecule has 5 rings (SSSR count). The summed E-state index contributed by atoms with van der Waals surface area (Å²) >= 11 is 0. The van der Waals surface area contributed by atoms with Gasteiger partial charge in [-0.15, -0.1) is 0 Å². The molecule has 4 aliphatic rings. The van der Waals surface area contributed by atoms with E-state index in [0.29, 0.717) is 29.1 Å². The normalized spacial score (nSPS) is 39.9. The zero-order chi connectivity index (χ0) is 25.0. The predicted molar refractivity (Wildman–Crippen MR) is 136 cm³/mol. The molecule has 7 heteroatoms. The fourth-order valence-electron chi connectivity index (χ4n) is 8.42. The number of hydrazone groups is 1. The molecule has 1 N–H and O–H groups in total. The highest BCUT2D eigenvalue weighted by Crippen LogP contribution is 2.65. The number of esters is 1. The van der Waals surface area contributed by atoms with Crippen molar-refractivity contribution in [2.45, 2.75) is 96.5 Å². The Kier molecular flexibility index (Phi) is 6.30. The van der Waals surface area contributed by atoms with Crippen molar-refractivity contribution in [1.29, 1.82) is 0 Å². The van der Waals surface area contributed by atoms with E-state index in [-0.39, 0.29) is 22.4 Å². The third kappa shape index (κ3) is 4.32.